The van der Waals surface area contributed by atoms with Crippen molar-refractivity contribution in [1.29, 1.82) is 0 Å². The van der Waals surface area contributed by atoms with Crippen LogP contribution in [0.2, 0.25) is 0 Å². The number of sulfonamides is 1. The van der Waals surface area contributed by atoms with Gasteiger partial charge in [-0.1, -0.05) is 12.1 Å². The quantitative estimate of drug-likeness (QED) is 0.632. The fraction of sp³-hybridized carbons (Fsp3) is 0.300. The van der Waals surface area contributed by atoms with E-state index in [0.29, 0.717) is 42.1 Å². The fourth-order valence-corrected chi connectivity index (χ4v) is 4.96. The Morgan fingerprint density at radius 1 is 1.03 bits per heavy atom. The van der Waals surface area contributed by atoms with E-state index >= 15 is 0 Å². The van der Waals surface area contributed by atoms with Crippen molar-refractivity contribution in [2.75, 3.05) is 18.4 Å². The lowest BCUT2D eigenvalue weighted by Gasteiger charge is -2.31. The topological polar surface area (TPSA) is 95.6 Å². The van der Waals surface area contributed by atoms with Crippen molar-refractivity contribution < 1.29 is 18.0 Å². The smallest absolute Gasteiger partial charge is 0.252 e. The Hall–Kier alpha value is -2.36. The van der Waals surface area contributed by atoms with E-state index in [1.54, 1.807) is 30.3 Å². The Balaban J connectivity index is 1.60. The molecule has 0 bridgehead atoms. The monoisotopic (exact) mass is 433 g/mol. The number of hydrogen-bond acceptors (Lipinski definition) is 5. The minimum Gasteiger partial charge on any atom is -0.349 e. The Morgan fingerprint density at radius 3 is 2.24 bits per heavy atom. The molecule has 7 nitrogen and oxygen atoms in total. The molecule has 3 rings (SSSR count). The van der Waals surface area contributed by atoms with E-state index in [1.807, 2.05) is 6.07 Å². The number of piperidine rings is 1. The molecule has 0 aromatic heterocycles. The summed E-state index contributed by atoms with van der Waals surface area (Å²) in [5.74, 6) is -0.421. The van der Waals surface area contributed by atoms with Crippen molar-refractivity contribution in [3.05, 3.63) is 54.1 Å². The lowest BCUT2D eigenvalue weighted by molar-refractivity contribution is -0.114. The molecular formula is C20H23N3O4S2. The first-order valence-electron chi connectivity index (χ1n) is 9.24. The largest absolute Gasteiger partial charge is 0.349 e. The number of amides is 2. The second-order valence-electron chi connectivity index (χ2n) is 6.87. The molecule has 2 aromatic carbocycles. The van der Waals surface area contributed by atoms with Crippen LogP contribution < -0.4 is 10.6 Å². The second kappa shape index (κ2) is 8.98. The van der Waals surface area contributed by atoms with Crippen LogP contribution in [0.5, 0.6) is 0 Å². The predicted octanol–water partition coefficient (Wildman–Crippen LogP) is 2.52. The summed E-state index contributed by atoms with van der Waals surface area (Å²) in [4.78, 5) is 24.3. The van der Waals surface area contributed by atoms with Gasteiger partial charge in [-0.25, -0.2) is 8.42 Å². The lowest BCUT2D eigenvalue weighted by Crippen LogP contribution is -2.46. The van der Waals surface area contributed by atoms with Crippen LogP contribution in [0.4, 0.5) is 5.69 Å². The number of thiol groups is 1. The van der Waals surface area contributed by atoms with Crippen LogP contribution in [-0.4, -0.2) is 43.7 Å². The van der Waals surface area contributed by atoms with Crippen LogP contribution in [0.1, 0.15) is 30.1 Å². The van der Waals surface area contributed by atoms with Gasteiger partial charge in [0.2, 0.25) is 15.9 Å². The van der Waals surface area contributed by atoms with E-state index in [2.05, 4.69) is 23.3 Å². The molecule has 1 fully saturated rings. The highest BCUT2D eigenvalue weighted by molar-refractivity contribution is 7.89. The summed E-state index contributed by atoms with van der Waals surface area (Å²) in [5.41, 5.74) is 1.05. The van der Waals surface area contributed by atoms with Crippen molar-refractivity contribution in [3.63, 3.8) is 0 Å². The number of carbonyl (C=O) groups excluding carboxylic acids is 2. The summed E-state index contributed by atoms with van der Waals surface area (Å²) >= 11 is 4.30. The van der Waals surface area contributed by atoms with E-state index in [-0.39, 0.29) is 22.8 Å². The zero-order chi connectivity index (χ0) is 21.0. The fourth-order valence-electron chi connectivity index (χ4n) is 3.23. The second-order valence-corrected chi connectivity index (χ2v) is 9.29. The van der Waals surface area contributed by atoms with Crippen LogP contribution in [-0.2, 0) is 14.8 Å². The van der Waals surface area contributed by atoms with Gasteiger partial charge < -0.3 is 10.6 Å². The molecule has 1 heterocycles. The van der Waals surface area contributed by atoms with E-state index < -0.39 is 10.0 Å². The number of rotatable bonds is 5. The number of anilines is 1. The average Bonchev–Trinajstić information content (AvgIpc) is 2.68. The molecule has 29 heavy (non-hydrogen) atoms. The molecule has 2 N–H and O–H groups in total. The number of nitrogens with zero attached hydrogens (tertiary/aromatic N) is 1. The van der Waals surface area contributed by atoms with Gasteiger partial charge in [-0.05, 0) is 49.2 Å². The third-order valence-electron chi connectivity index (χ3n) is 4.75. The normalized spacial score (nSPS) is 15.7. The maximum Gasteiger partial charge on any atom is 0.252 e. The van der Waals surface area contributed by atoms with Gasteiger partial charge in [-0.15, -0.1) is 12.6 Å². The van der Waals surface area contributed by atoms with E-state index in [0.717, 1.165) is 0 Å². The molecule has 0 saturated carbocycles. The summed E-state index contributed by atoms with van der Waals surface area (Å²) < 4.78 is 27.1. The van der Waals surface area contributed by atoms with Gasteiger partial charge in [-0.2, -0.15) is 4.31 Å². The zero-order valence-electron chi connectivity index (χ0n) is 16.0. The SMILES string of the molecule is CC(=O)Nc1ccc(S(=O)(=O)N2CCC(NC(=O)c3ccccc3S)CC2)cc1. The maximum atomic E-state index is 12.9. The Labute approximate surface area is 176 Å². The first-order valence-corrected chi connectivity index (χ1v) is 11.1. The predicted molar refractivity (Wildman–Crippen MR) is 114 cm³/mol. The van der Waals surface area contributed by atoms with Gasteiger partial charge in [0.05, 0.1) is 10.5 Å². The molecule has 9 heteroatoms. The van der Waals surface area contributed by atoms with Gasteiger partial charge in [0.25, 0.3) is 5.91 Å². The summed E-state index contributed by atoms with van der Waals surface area (Å²) in [5, 5.41) is 5.58. The summed E-state index contributed by atoms with van der Waals surface area (Å²) in [6.07, 6.45) is 1.06. The van der Waals surface area contributed by atoms with Gasteiger partial charge >= 0.3 is 0 Å². The first-order chi connectivity index (χ1) is 13.8. The van der Waals surface area contributed by atoms with Gasteiger partial charge in [0.15, 0.2) is 0 Å². The molecule has 2 amide bonds. The molecule has 0 unspecified atom stereocenters. The molecule has 1 saturated heterocycles. The van der Waals surface area contributed by atoms with Gasteiger partial charge in [-0.3, -0.25) is 9.59 Å². The van der Waals surface area contributed by atoms with Crippen LogP contribution in [0.25, 0.3) is 0 Å². The summed E-state index contributed by atoms with van der Waals surface area (Å²) in [6, 6.07) is 13.1. The van der Waals surface area contributed by atoms with Crippen molar-refractivity contribution in [2.24, 2.45) is 0 Å². The number of hydrogen-bond donors (Lipinski definition) is 3. The van der Waals surface area contributed by atoms with Crippen molar-refractivity contribution in [1.82, 2.24) is 9.62 Å². The lowest BCUT2D eigenvalue weighted by atomic mass is 10.1. The van der Waals surface area contributed by atoms with Crippen LogP contribution in [0.3, 0.4) is 0 Å². The first kappa shape index (κ1) is 21.4. The van der Waals surface area contributed by atoms with Crippen LogP contribution >= 0.6 is 12.6 Å². The van der Waals surface area contributed by atoms with Gasteiger partial charge in [0.1, 0.15) is 0 Å². The maximum absolute atomic E-state index is 12.9. The Bertz CT molecular complexity index is 999. The molecule has 0 radical (unpaired) electrons. The molecule has 1 aliphatic rings. The zero-order valence-corrected chi connectivity index (χ0v) is 17.7. The number of nitrogens with one attached hydrogen (secondary N) is 2. The average molecular weight is 434 g/mol. The third kappa shape index (κ3) is 5.17. The van der Waals surface area contributed by atoms with Crippen molar-refractivity contribution in [2.45, 2.75) is 35.6 Å². The third-order valence-corrected chi connectivity index (χ3v) is 7.05. The van der Waals surface area contributed by atoms with Gasteiger partial charge in [0, 0.05) is 36.6 Å². The number of benzene rings is 2. The van der Waals surface area contributed by atoms with Crippen LogP contribution in [0, 0.1) is 0 Å². The molecule has 0 aliphatic carbocycles. The molecule has 0 spiro atoms. The molecule has 2 aromatic rings. The van der Waals surface area contributed by atoms with Crippen LogP contribution in [0.15, 0.2) is 58.3 Å². The summed E-state index contributed by atoms with van der Waals surface area (Å²) in [6.45, 7) is 2.04. The standard InChI is InChI=1S/C20H23N3O4S2/c1-14(24)21-15-6-8-17(9-7-15)29(26,27)23-12-10-16(11-13-23)22-20(25)18-4-2-3-5-19(18)28/h2-9,16,28H,10-13H2,1H3,(H,21,24)(H,22,25). The highest BCUT2D eigenvalue weighted by Gasteiger charge is 2.30. The van der Waals surface area contributed by atoms with E-state index in [9.17, 15) is 18.0 Å². The molecule has 0 atom stereocenters. The van der Waals surface area contributed by atoms with Crippen molar-refractivity contribution >= 4 is 40.2 Å². The van der Waals surface area contributed by atoms with Crippen molar-refractivity contribution in [3.8, 4) is 0 Å². The minimum atomic E-state index is -3.62. The van der Waals surface area contributed by atoms with E-state index in [1.165, 1.54) is 23.4 Å². The highest BCUT2D eigenvalue weighted by Crippen LogP contribution is 2.23. The molecule has 154 valence electrons. The molecule has 1 aliphatic heterocycles. The Morgan fingerprint density at radius 2 is 1.66 bits per heavy atom. The highest BCUT2D eigenvalue weighted by atomic mass is 32.2. The minimum absolute atomic E-state index is 0.0935. The number of carbonyl (C=O) groups is 2. The van der Waals surface area contributed by atoms with E-state index in [4.69, 9.17) is 0 Å². The molecular weight excluding hydrogens is 410 g/mol. The Kier molecular flexibility index (Phi) is 6.61. The summed E-state index contributed by atoms with van der Waals surface area (Å²) in [7, 11) is -3.62.